The van der Waals surface area contributed by atoms with Crippen molar-refractivity contribution in [2.24, 2.45) is 5.92 Å². The van der Waals surface area contributed by atoms with Crippen LogP contribution in [0.4, 0.5) is 16.0 Å². The average Bonchev–Trinajstić information content (AvgIpc) is 2.70. The molecule has 0 spiro atoms. The summed E-state index contributed by atoms with van der Waals surface area (Å²) in [4.78, 5) is 4.23. The molecule has 1 heterocycles. The maximum absolute atomic E-state index is 13.4. The van der Waals surface area contributed by atoms with E-state index in [0.717, 1.165) is 12.5 Å². The Morgan fingerprint density at radius 3 is 2.89 bits per heavy atom. The van der Waals surface area contributed by atoms with Gasteiger partial charge >= 0.3 is 0 Å². The third-order valence-electron chi connectivity index (χ3n) is 2.45. The van der Waals surface area contributed by atoms with E-state index in [4.69, 9.17) is 0 Å². The van der Waals surface area contributed by atoms with E-state index in [1.807, 2.05) is 16.8 Å². The Morgan fingerprint density at radius 2 is 2.22 bits per heavy atom. The van der Waals surface area contributed by atoms with Gasteiger partial charge in [-0.3, -0.25) is 0 Å². The SMILES string of the molecule is CC(C)Cn1ccnc1Nc1ccc(Br)c(F)c1. The molecule has 0 unspecified atom stereocenters. The lowest BCUT2D eigenvalue weighted by Crippen LogP contribution is -2.07. The summed E-state index contributed by atoms with van der Waals surface area (Å²) in [5.74, 6) is 0.966. The third-order valence-corrected chi connectivity index (χ3v) is 3.10. The van der Waals surface area contributed by atoms with Crippen LogP contribution < -0.4 is 5.32 Å². The average molecular weight is 312 g/mol. The van der Waals surface area contributed by atoms with Crippen LogP contribution in [0.15, 0.2) is 35.1 Å². The Labute approximate surface area is 114 Å². The van der Waals surface area contributed by atoms with Gasteiger partial charge in [-0.1, -0.05) is 13.8 Å². The zero-order chi connectivity index (χ0) is 13.1. The topological polar surface area (TPSA) is 29.9 Å². The normalized spacial score (nSPS) is 10.9. The van der Waals surface area contributed by atoms with Gasteiger partial charge in [-0.15, -0.1) is 0 Å². The lowest BCUT2D eigenvalue weighted by molar-refractivity contribution is 0.527. The fourth-order valence-corrected chi connectivity index (χ4v) is 1.92. The van der Waals surface area contributed by atoms with Gasteiger partial charge in [0.1, 0.15) is 5.82 Å². The Hall–Kier alpha value is -1.36. The van der Waals surface area contributed by atoms with E-state index >= 15 is 0 Å². The lowest BCUT2D eigenvalue weighted by atomic mass is 10.2. The predicted octanol–water partition coefficient (Wildman–Crippen LogP) is 4.18. The molecule has 0 aliphatic heterocycles. The molecule has 0 saturated carbocycles. The van der Waals surface area contributed by atoms with E-state index in [1.54, 1.807) is 12.3 Å². The lowest BCUT2D eigenvalue weighted by Gasteiger charge is -2.12. The van der Waals surface area contributed by atoms with Gasteiger partial charge in [0.05, 0.1) is 4.47 Å². The first-order chi connectivity index (χ1) is 8.56. The Balaban J connectivity index is 2.18. The number of nitrogens with one attached hydrogen (secondary N) is 1. The van der Waals surface area contributed by atoms with Gasteiger partial charge in [-0.2, -0.15) is 0 Å². The molecule has 96 valence electrons. The number of nitrogens with zero attached hydrogens (tertiary/aromatic N) is 2. The first kappa shape index (κ1) is 13.1. The van der Waals surface area contributed by atoms with Crippen molar-refractivity contribution in [1.82, 2.24) is 9.55 Å². The highest BCUT2D eigenvalue weighted by atomic mass is 79.9. The molecule has 18 heavy (non-hydrogen) atoms. The van der Waals surface area contributed by atoms with E-state index in [9.17, 15) is 4.39 Å². The number of hydrogen-bond acceptors (Lipinski definition) is 2. The van der Waals surface area contributed by atoms with Crippen LogP contribution in [0.5, 0.6) is 0 Å². The predicted molar refractivity (Wildman–Crippen MR) is 74.4 cm³/mol. The third kappa shape index (κ3) is 3.10. The van der Waals surface area contributed by atoms with Gasteiger partial charge < -0.3 is 9.88 Å². The summed E-state index contributed by atoms with van der Waals surface area (Å²) in [5, 5.41) is 3.12. The number of rotatable bonds is 4. The second-order valence-electron chi connectivity index (χ2n) is 4.55. The highest BCUT2D eigenvalue weighted by molar-refractivity contribution is 9.10. The molecule has 1 aromatic heterocycles. The molecule has 0 fully saturated rings. The molecule has 0 atom stereocenters. The smallest absolute Gasteiger partial charge is 0.207 e. The summed E-state index contributed by atoms with van der Waals surface area (Å²) in [6, 6.07) is 4.92. The van der Waals surface area contributed by atoms with Crippen molar-refractivity contribution in [2.45, 2.75) is 20.4 Å². The number of anilines is 2. The van der Waals surface area contributed by atoms with E-state index in [1.165, 1.54) is 6.07 Å². The first-order valence-electron chi connectivity index (χ1n) is 5.79. The fraction of sp³-hybridized carbons (Fsp3) is 0.308. The summed E-state index contributed by atoms with van der Waals surface area (Å²) in [6.07, 6.45) is 3.65. The van der Waals surface area contributed by atoms with Crippen molar-refractivity contribution in [3.8, 4) is 0 Å². The van der Waals surface area contributed by atoms with E-state index in [-0.39, 0.29) is 5.82 Å². The van der Waals surface area contributed by atoms with Crippen LogP contribution in [0.1, 0.15) is 13.8 Å². The number of benzene rings is 1. The van der Waals surface area contributed by atoms with Crippen LogP contribution >= 0.6 is 15.9 Å². The maximum Gasteiger partial charge on any atom is 0.207 e. The molecular weight excluding hydrogens is 297 g/mol. The highest BCUT2D eigenvalue weighted by Gasteiger charge is 2.06. The molecule has 0 radical (unpaired) electrons. The van der Waals surface area contributed by atoms with Crippen LogP contribution in [-0.2, 0) is 6.54 Å². The molecule has 1 aromatic carbocycles. The molecule has 2 rings (SSSR count). The zero-order valence-corrected chi connectivity index (χ0v) is 11.9. The molecule has 3 nitrogen and oxygen atoms in total. The van der Waals surface area contributed by atoms with Crippen molar-refractivity contribution in [3.63, 3.8) is 0 Å². The van der Waals surface area contributed by atoms with Gasteiger partial charge in [0.15, 0.2) is 0 Å². The van der Waals surface area contributed by atoms with Crippen molar-refractivity contribution < 1.29 is 4.39 Å². The molecule has 1 N–H and O–H groups in total. The number of aromatic nitrogens is 2. The summed E-state index contributed by atoms with van der Waals surface area (Å²) in [7, 11) is 0. The molecule has 0 aliphatic carbocycles. The standard InChI is InChI=1S/C13H15BrFN3/c1-9(2)8-18-6-5-16-13(18)17-10-3-4-11(14)12(15)7-10/h3-7,9H,8H2,1-2H3,(H,16,17). The highest BCUT2D eigenvalue weighted by Crippen LogP contribution is 2.22. The minimum atomic E-state index is -0.290. The number of imidazole rings is 1. The number of hydrogen-bond donors (Lipinski definition) is 1. The minimum Gasteiger partial charge on any atom is -0.326 e. The van der Waals surface area contributed by atoms with Gasteiger partial charge in [-0.05, 0) is 40.0 Å². The van der Waals surface area contributed by atoms with Crippen LogP contribution in [0, 0.1) is 11.7 Å². The minimum absolute atomic E-state index is 0.290. The summed E-state index contributed by atoms with van der Waals surface area (Å²) >= 11 is 3.13. The van der Waals surface area contributed by atoms with Gasteiger partial charge in [0.2, 0.25) is 5.95 Å². The molecule has 0 bridgehead atoms. The monoisotopic (exact) mass is 311 g/mol. The first-order valence-corrected chi connectivity index (χ1v) is 6.59. The van der Waals surface area contributed by atoms with Crippen LogP contribution in [0.2, 0.25) is 0 Å². The van der Waals surface area contributed by atoms with Crippen molar-refractivity contribution in [2.75, 3.05) is 5.32 Å². The fourth-order valence-electron chi connectivity index (χ4n) is 1.68. The summed E-state index contributed by atoms with van der Waals surface area (Å²) < 4.78 is 15.9. The van der Waals surface area contributed by atoms with Gasteiger partial charge in [0.25, 0.3) is 0 Å². The van der Waals surface area contributed by atoms with Crippen LogP contribution in [-0.4, -0.2) is 9.55 Å². The Bertz CT molecular complexity index is 537. The molecular formula is C13H15BrFN3. The van der Waals surface area contributed by atoms with Crippen LogP contribution in [0.3, 0.4) is 0 Å². The second-order valence-corrected chi connectivity index (χ2v) is 5.41. The molecule has 0 aliphatic rings. The van der Waals surface area contributed by atoms with Gasteiger partial charge in [-0.25, -0.2) is 9.37 Å². The van der Waals surface area contributed by atoms with E-state index in [2.05, 4.69) is 40.1 Å². The largest absolute Gasteiger partial charge is 0.326 e. The molecule has 0 amide bonds. The van der Waals surface area contributed by atoms with Gasteiger partial charge in [0, 0.05) is 24.6 Å². The Morgan fingerprint density at radius 1 is 1.44 bits per heavy atom. The summed E-state index contributed by atoms with van der Waals surface area (Å²) in [6.45, 7) is 5.16. The van der Waals surface area contributed by atoms with E-state index in [0.29, 0.717) is 16.1 Å². The molecule has 5 heteroatoms. The quantitative estimate of drug-likeness (QED) is 0.917. The molecule has 2 aromatic rings. The number of halogens is 2. The van der Waals surface area contributed by atoms with E-state index < -0.39 is 0 Å². The van der Waals surface area contributed by atoms with Crippen molar-refractivity contribution in [1.29, 1.82) is 0 Å². The molecule has 0 saturated heterocycles. The van der Waals surface area contributed by atoms with Crippen LogP contribution in [0.25, 0.3) is 0 Å². The zero-order valence-electron chi connectivity index (χ0n) is 10.3. The maximum atomic E-state index is 13.4. The van der Waals surface area contributed by atoms with Crippen molar-refractivity contribution >= 4 is 27.6 Å². The second kappa shape index (κ2) is 5.52. The van der Waals surface area contributed by atoms with Crippen molar-refractivity contribution in [3.05, 3.63) is 40.9 Å². The summed E-state index contributed by atoms with van der Waals surface area (Å²) in [5.41, 5.74) is 0.687. The Kier molecular flexibility index (Phi) is 4.01.